The maximum Gasteiger partial charge on any atom is -0.0380 e. The maximum absolute atomic E-state index is 2.43. The summed E-state index contributed by atoms with van der Waals surface area (Å²) in [4.78, 5) is 0. The lowest BCUT2D eigenvalue weighted by molar-refractivity contribution is 0.188. The van der Waals surface area contributed by atoms with Gasteiger partial charge in [0, 0.05) is 0 Å². The molecule has 0 aliphatic heterocycles. The van der Waals surface area contributed by atoms with Gasteiger partial charge in [-0.1, -0.05) is 65.7 Å². The van der Waals surface area contributed by atoms with Crippen molar-refractivity contribution in [2.24, 2.45) is 23.2 Å². The quantitative estimate of drug-likeness (QED) is 0.539. The molecular weight excluding hydrogens is 204 g/mol. The van der Waals surface area contributed by atoms with Crippen LogP contribution in [-0.2, 0) is 0 Å². The van der Waals surface area contributed by atoms with Gasteiger partial charge in [0.15, 0.2) is 0 Å². The van der Waals surface area contributed by atoms with E-state index in [-0.39, 0.29) is 0 Å². The van der Waals surface area contributed by atoms with Gasteiger partial charge in [0.2, 0.25) is 0 Å². The molecule has 0 heteroatoms. The third kappa shape index (κ3) is 4.64. The maximum atomic E-state index is 2.43. The van der Waals surface area contributed by atoms with Crippen molar-refractivity contribution in [1.29, 1.82) is 0 Å². The number of hydrogen-bond acceptors (Lipinski definition) is 0. The minimum absolute atomic E-state index is 0.535. The Balaban J connectivity index is 2.01. The lowest BCUT2D eigenvalue weighted by atomic mass is 9.73. The van der Waals surface area contributed by atoms with E-state index >= 15 is 0 Å². The van der Waals surface area contributed by atoms with E-state index in [0.717, 1.165) is 17.8 Å². The van der Waals surface area contributed by atoms with Crippen LogP contribution in [0, 0.1) is 23.2 Å². The molecule has 0 aromatic heterocycles. The molecule has 0 heterocycles. The fourth-order valence-corrected chi connectivity index (χ4v) is 4.39. The van der Waals surface area contributed by atoms with Gasteiger partial charge in [0.05, 0.1) is 0 Å². The minimum atomic E-state index is 0.535. The van der Waals surface area contributed by atoms with Crippen molar-refractivity contribution in [3.63, 3.8) is 0 Å². The Morgan fingerprint density at radius 2 is 1.24 bits per heavy atom. The highest BCUT2D eigenvalue weighted by atomic mass is 14.3. The fraction of sp³-hybridized carbons (Fsp3) is 1.00. The average Bonchev–Trinajstić information content (AvgIpc) is 2.31. The molecule has 2 bridgehead atoms. The molecule has 0 saturated heterocycles. The first-order valence-corrected chi connectivity index (χ1v) is 8.03. The van der Waals surface area contributed by atoms with Crippen LogP contribution in [0.1, 0.15) is 85.0 Å². The fourth-order valence-electron chi connectivity index (χ4n) is 4.39. The highest BCUT2D eigenvalue weighted by Crippen LogP contribution is 2.41. The second-order valence-electron chi connectivity index (χ2n) is 8.05. The Morgan fingerprint density at radius 1 is 0.765 bits per heavy atom. The largest absolute Gasteiger partial charge is 0.0602 e. The van der Waals surface area contributed by atoms with Gasteiger partial charge in [0.25, 0.3) is 0 Å². The van der Waals surface area contributed by atoms with Gasteiger partial charge in [-0.15, -0.1) is 0 Å². The summed E-state index contributed by atoms with van der Waals surface area (Å²) >= 11 is 0. The molecule has 3 aliphatic rings. The predicted molar refractivity (Wildman–Crippen MR) is 76.1 cm³/mol. The zero-order chi connectivity index (χ0) is 12.3. The van der Waals surface area contributed by atoms with Gasteiger partial charge in [0.1, 0.15) is 0 Å². The van der Waals surface area contributed by atoms with Crippen molar-refractivity contribution in [2.75, 3.05) is 0 Å². The van der Waals surface area contributed by atoms with Crippen molar-refractivity contribution in [3.05, 3.63) is 0 Å². The third-order valence-electron chi connectivity index (χ3n) is 4.93. The van der Waals surface area contributed by atoms with Crippen LogP contribution in [0.3, 0.4) is 0 Å². The molecule has 0 spiro atoms. The Bertz CT molecular complexity index is 203. The van der Waals surface area contributed by atoms with Crippen LogP contribution in [0.4, 0.5) is 0 Å². The lowest BCUT2D eigenvalue weighted by Gasteiger charge is -2.33. The summed E-state index contributed by atoms with van der Waals surface area (Å²) in [6, 6.07) is 0. The van der Waals surface area contributed by atoms with E-state index in [0.29, 0.717) is 5.41 Å². The second kappa shape index (κ2) is 5.76. The summed E-state index contributed by atoms with van der Waals surface area (Å²) in [5.41, 5.74) is 0.535. The topological polar surface area (TPSA) is 0 Å². The number of rotatable bonds is 1. The highest BCUT2D eigenvalue weighted by Gasteiger charge is 2.28. The van der Waals surface area contributed by atoms with Crippen molar-refractivity contribution >= 4 is 0 Å². The van der Waals surface area contributed by atoms with E-state index < -0.39 is 0 Å². The average molecular weight is 236 g/mol. The zero-order valence-electron chi connectivity index (χ0n) is 12.3. The van der Waals surface area contributed by atoms with Crippen LogP contribution in [0.5, 0.6) is 0 Å². The highest BCUT2D eigenvalue weighted by molar-refractivity contribution is 4.80. The van der Waals surface area contributed by atoms with E-state index in [1.54, 1.807) is 12.8 Å². The van der Waals surface area contributed by atoms with Crippen molar-refractivity contribution in [3.8, 4) is 0 Å². The first-order chi connectivity index (χ1) is 8.03. The molecular formula is C17H32. The molecule has 3 rings (SSSR count). The Morgan fingerprint density at radius 3 is 1.71 bits per heavy atom. The normalized spacial score (nSPS) is 35.8. The zero-order valence-corrected chi connectivity index (χ0v) is 12.3. The molecule has 3 saturated carbocycles. The summed E-state index contributed by atoms with van der Waals surface area (Å²) in [7, 11) is 0. The summed E-state index contributed by atoms with van der Waals surface area (Å²) in [6.45, 7) is 7.28. The summed E-state index contributed by atoms with van der Waals surface area (Å²) in [6.07, 6.45) is 15.3. The van der Waals surface area contributed by atoms with Crippen molar-refractivity contribution in [2.45, 2.75) is 85.0 Å². The molecule has 3 fully saturated rings. The Labute approximate surface area is 109 Å². The molecule has 0 aromatic rings. The Kier molecular flexibility index (Phi) is 4.55. The minimum Gasteiger partial charge on any atom is -0.0602 e. The SMILES string of the molecule is CC(C)(C)CC1CC2CCCCC(CCC2)C1. The summed E-state index contributed by atoms with van der Waals surface area (Å²) < 4.78 is 0. The van der Waals surface area contributed by atoms with Gasteiger partial charge in [-0.25, -0.2) is 0 Å². The molecule has 17 heavy (non-hydrogen) atoms. The van der Waals surface area contributed by atoms with Crippen LogP contribution in [0.25, 0.3) is 0 Å². The second-order valence-corrected chi connectivity index (χ2v) is 8.05. The molecule has 0 N–H and O–H groups in total. The van der Waals surface area contributed by atoms with Gasteiger partial charge in [-0.3, -0.25) is 0 Å². The van der Waals surface area contributed by atoms with E-state index in [2.05, 4.69) is 20.8 Å². The first-order valence-electron chi connectivity index (χ1n) is 8.03. The Hall–Kier alpha value is 0. The monoisotopic (exact) mass is 236 g/mol. The molecule has 0 radical (unpaired) electrons. The third-order valence-corrected chi connectivity index (χ3v) is 4.93. The van der Waals surface area contributed by atoms with Gasteiger partial charge >= 0.3 is 0 Å². The van der Waals surface area contributed by atoms with E-state index in [1.165, 1.54) is 51.4 Å². The van der Waals surface area contributed by atoms with Gasteiger partial charge in [-0.2, -0.15) is 0 Å². The molecule has 0 nitrogen and oxygen atoms in total. The van der Waals surface area contributed by atoms with Crippen LogP contribution in [-0.4, -0.2) is 0 Å². The van der Waals surface area contributed by atoms with Crippen LogP contribution in [0.15, 0.2) is 0 Å². The first kappa shape index (κ1) is 13.4. The smallest absolute Gasteiger partial charge is 0.0380 e. The summed E-state index contributed by atoms with van der Waals surface area (Å²) in [5, 5.41) is 0. The predicted octanol–water partition coefficient (Wildman–Crippen LogP) is 5.81. The number of hydrogen-bond donors (Lipinski definition) is 0. The van der Waals surface area contributed by atoms with Crippen molar-refractivity contribution in [1.82, 2.24) is 0 Å². The molecule has 100 valence electrons. The van der Waals surface area contributed by atoms with E-state index in [9.17, 15) is 0 Å². The molecule has 2 atom stereocenters. The molecule has 0 amide bonds. The van der Waals surface area contributed by atoms with Crippen LogP contribution < -0.4 is 0 Å². The standard InChI is InChI=1S/C17H32/c1-17(2,3)13-16-11-14-7-4-5-8-15(12-16)10-6-9-14/h14-16H,4-13H2,1-3H3. The van der Waals surface area contributed by atoms with Gasteiger partial charge in [-0.05, 0) is 42.4 Å². The molecule has 0 aromatic carbocycles. The number of fused-ring (bicyclic) bond motifs is 7. The van der Waals surface area contributed by atoms with Crippen LogP contribution >= 0.6 is 0 Å². The van der Waals surface area contributed by atoms with Gasteiger partial charge < -0.3 is 0 Å². The van der Waals surface area contributed by atoms with E-state index in [1.807, 2.05) is 0 Å². The van der Waals surface area contributed by atoms with Crippen molar-refractivity contribution < 1.29 is 0 Å². The summed E-state index contributed by atoms with van der Waals surface area (Å²) in [5.74, 6) is 3.17. The lowest BCUT2D eigenvalue weighted by Crippen LogP contribution is -2.21. The van der Waals surface area contributed by atoms with E-state index in [4.69, 9.17) is 0 Å². The molecule has 3 aliphatic carbocycles. The molecule has 2 unspecified atom stereocenters. The van der Waals surface area contributed by atoms with Crippen LogP contribution in [0.2, 0.25) is 0 Å².